The molecule has 1 N–H and O–H groups in total. The number of hydrogen-bond donors (Lipinski definition) is 1. The number of tetrazole rings is 1. The largest absolute Gasteiger partial charge is 0.370 e. The molecule has 1 atom stereocenters. The van der Waals surface area contributed by atoms with Gasteiger partial charge in [-0.25, -0.2) is 4.68 Å². The van der Waals surface area contributed by atoms with Crippen molar-refractivity contribution in [2.24, 2.45) is 0 Å². The van der Waals surface area contributed by atoms with E-state index in [4.69, 9.17) is 16.3 Å². The number of halogens is 1. The van der Waals surface area contributed by atoms with Gasteiger partial charge < -0.3 is 9.64 Å². The van der Waals surface area contributed by atoms with Crippen molar-refractivity contribution in [3.8, 4) is 0 Å². The molecule has 6 nitrogen and oxygen atoms in total. The summed E-state index contributed by atoms with van der Waals surface area (Å²) in [6.45, 7) is 9.73. The van der Waals surface area contributed by atoms with Gasteiger partial charge in [0, 0.05) is 10.6 Å². The first-order chi connectivity index (χ1) is 11.0. The van der Waals surface area contributed by atoms with E-state index in [-0.39, 0.29) is 11.6 Å². The number of rotatable bonds is 3. The smallest absolute Gasteiger partial charge is 0.214 e. The highest BCUT2D eigenvalue weighted by molar-refractivity contribution is 6.30. The highest BCUT2D eigenvalue weighted by Gasteiger charge is 2.35. The van der Waals surface area contributed by atoms with Crippen molar-refractivity contribution in [1.29, 1.82) is 0 Å². The van der Waals surface area contributed by atoms with E-state index < -0.39 is 0 Å². The summed E-state index contributed by atoms with van der Waals surface area (Å²) in [6, 6.07) is 8.06. The van der Waals surface area contributed by atoms with Gasteiger partial charge in [-0.05, 0) is 43.3 Å². The molecule has 0 bridgehead atoms. The molecule has 0 amide bonds. The number of aromatic nitrogens is 4. The summed E-state index contributed by atoms with van der Waals surface area (Å²) in [5.41, 5.74) is 1.00. The van der Waals surface area contributed by atoms with E-state index in [9.17, 15) is 0 Å². The summed E-state index contributed by atoms with van der Waals surface area (Å²) in [7, 11) is 0. The molecule has 0 spiro atoms. The molecular weight excluding hydrogens is 314 g/mol. The van der Waals surface area contributed by atoms with Crippen LogP contribution in [-0.2, 0) is 10.3 Å². The molecule has 1 aliphatic rings. The Hall–Kier alpha value is -1.50. The van der Waals surface area contributed by atoms with Crippen LogP contribution in [0.25, 0.3) is 0 Å². The van der Waals surface area contributed by atoms with Crippen LogP contribution >= 0.6 is 11.6 Å². The zero-order chi connectivity index (χ0) is 16.4. The zero-order valence-electron chi connectivity index (χ0n) is 13.8. The maximum atomic E-state index is 6.06. The number of nitrogens with zero attached hydrogens (tertiary/aromatic N) is 4. The van der Waals surface area contributed by atoms with Crippen LogP contribution < -0.4 is 4.90 Å². The Morgan fingerprint density at radius 3 is 2.43 bits per heavy atom. The van der Waals surface area contributed by atoms with Crippen LogP contribution in [0.4, 0.5) is 0 Å². The summed E-state index contributed by atoms with van der Waals surface area (Å²) < 4.78 is 7.44. The van der Waals surface area contributed by atoms with Gasteiger partial charge in [0.1, 0.15) is 13.1 Å². The average Bonchev–Trinajstić information content (AvgIpc) is 3.00. The van der Waals surface area contributed by atoms with Crippen LogP contribution in [0.1, 0.15) is 38.2 Å². The van der Waals surface area contributed by atoms with Crippen LogP contribution in [0.3, 0.4) is 0 Å². The number of hydrogen-bond acceptors (Lipinski definition) is 4. The molecule has 1 fully saturated rings. The predicted molar refractivity (Wildman–Crippen MR) is 87.6 cm³/mol. The Kier molecular flexibility index (Phi) is 4.66. The minimum atomic E-state index is -0.171. The Bertz CT molecular complexity index is 643. The summed E-state index contributed by atoms with van der Waals surface area (Å²) in [5.74, 6) is 0.886. The third-order valence-corrected chi connectivity index (χ3v) is 4.39. The molecule has 124 valence electrons. The molecule has 0 radical (unpaired) electrons. The van der Waals surface area contributed by atoms with E-state index in [1.165, 1.54) is 10.5 Å². The van der Waals surface area contributed by atoms with E-state index in [1.54, 1.807) is 0 Å². The third-order valence-electron chi connectivity index (χ3n) is 4.13. The Morgan fingerprint density at radius 1 is 1.17 bits per heavy atom. The lowest BCUT2D eigenvalue weighted by molar-refractivity contribution is -0.933. The molecule has 1 aromatic carbocycles. The monoisotopic (exact) mass is 336 g/mol. The van der Waals surface area contributed by atoms with Crippen LogP contribution in [0.15, 0.2) is 24.3 Å². The Balaban J connectivity index is 2.05. The van der Waals surface area contributed by atoms with Gasteiger partial charge in [-0.15, -0.1) is 5.10 Å². The molecule has 2 heterocycles. The van der Waals surface area contributed by atoms with Gasteiger partial charge in [0.25, 0.3) is 0 Å². The minimum absolute atomic E-state index is 0.0744. The highest BCUT2D eigenvalue weighted by Crippen LogP contribution is 2.23. The summed E-state index contributed by atoms with van der Waals surface area (Å²) >= 11 is 6.06. The lowest BCUT2D eigenvalue weighted by Crippen LogP contribution is -3.14. The maximum absolute atomic E-state index is 6.06. The Labute approximate surface area is 141 Å². The van der Waals surface area contributed by atoms with Crippen LogP contribution in [0.2, 0.25) is 5.02 Å². The van der Waals surface area contributed by atoms with Crippen LogP contribution in [-0.4, -0.2) is 46.5 Å². The number of benzene rings is 1. The SMILES string of the molecule is CC(C)(C)n1nnnc1[C@H](c1ccc(Cl)cc1)[NH+]1CCOCC1. The number of nitrogens with one attached hydrogen (secondary N) is 1. The molecule has 0 unspecified atom stereocenters. The zero-order valence-corrected chi connectivity index (χ0v) is 14.5. The van der Waals surface area contributed by atoms with Crippen molar-refractivity contribution in [2.75, 3.05) is 26.3 Å². The van der Waals surface area contributed by atoms with E-state index in [1.807, 2.05) is 16.8 Å². The van der Waals surface area contributed by atoms with Gasteiger partial charge in [0.05, 0.1) is 18.8 Å². The van der Waals surface area contributed by atoms with Gasteiger partial charge in [0.15, 0.2) is 6.04 Å². The van der Waals surface area contributed by atoms with Gasteiger partial charge in [-0.2, -0.15) is 0 Å². The quantitative estimate of drug-likeness (QED) is 0.911. The second-order valence-corrected chi connectivity index (χ2v) is 7.31. The van der Waals surface area contributed by atoms with Gasteiger partial charge >= 0.3 is 0 Å². The maximum Gasteiger partial charge on any atom is 0.214 e. The molecule has 0 aliphatic carbocycles. The molecule has 0 saturated carbocycles. The van der Waals surface area contributed by atoms with Crippen molar-refractivity contribution >= 4 is 11.6 Å². The number of quaternary nitrogens is 1. The van der Waals surface area contributed by atoms with E-state index >= 15 is 0 Å². The third kappa shape index (κ3) is 3.54. The molecule has 1 saturated heterocycles. The van der Waals surface area contributed by atoms with Crippen molar-refractivity contribution in [1.82, 2.24) is 20.2 Å². The van der Waals surface area contributed by atoms with Crippen LogP contribution in [0.5, 0.6) is 0 Å². The summed E-state index contributed by atoms with van der Waals surface area (Å²) in [5, 5.41) is 13.3. The topological polar surface area (TPSA) is 57.3 Å². The lowest BCUT2D eigenvalue weighted by atomic mass is 10.0. The molecule has 7 heteroatoms. The summed E-state index contributed by atoms with van der Waals surface area (Å²) in [4.78, 5) is 1.42. The molecule has 2 aromatic rings. The van der Waals surface area contributed by atoms with E-state index in [0.29, 0.717) is 0 Å². The fourth-order valence-corrected chi connectivity index (χ4v) is 3.12. The van der Waals surface area contributed by atoms with Crippen molar-refractivity contribution in [3.05, 3.63) is 40.7 Å². The minimum Gasteiger partial charge on any atom is -0.370 e. The molecule has 1 aromatic heterocycles. The van der Waals surface area contributed by atoms with E-state index in [2.05, 4.69) is 48.4 Å². The van der Waals surface area contributed by atoms with Gasteiger partial charge in [0.2, 0.25) is 5.82 Å². The van der Waals surface area contributed by atoms with Crippen molar-refractivity contribution in [2.45, 2.75) is 32.4 Å². The highest BCUT2D eigenvalue weighted by atomic mass is 35.5. The summed E-state index contributed by atoms with van der Waals surface area (Å²) in [6.07, 6.45) is 0. The number of ether oxygens (including phenoxy) is 1. The first-order valence-electron chi connectivity index (χ1n) is 7.93. The molecule has 1 aliphatic heterocycles. The first kappa shape index (κ1) is 16.4. The van der Waals surface area contributed by atoms with Gasteiger partial charge in [-0.1, -0.05) is 23.7 Å². The first-order valence-corrected chi connectivity index (χ1v) is 8.31. The van der Waals surface area contributed by atoms with Gasteiger partial charge in [-0.3, -0.25) is 0 Å². The number of morpholine rings is 1. The molecular formula is C16H23ClN5O+. The second-order valence-electron chi connectivity index (χ2n) is 6.87. The fraction of sp³-hybridized carbons (Fsp3) is 0.562. The standard InChI is InChI=1S/C16H22ClN5O/c1-16(2,3)22-15(18-19-20-22)14(21-8-10-23-11-9-21)12-4-6-13(17)7-5-12/h4-7,14H,8-11H2,1-3H3/p+1/t14-/m0/s1. The van der Waals surface area contributed by atoms with Crippen molar-refractivity contribution < 1.29 is 9.64 Å². The fourth-order valence-electron chi connectivity index (χ4n) is 3.00. The van der Waals surface area contributed by atoms with Crippen molar-refractivity contribution in [3.63, 3.8) is 0 Å². The Morgan fingerprint density at radius 2 is 1.83 bits per heavy atom. The molecule has 23 heavy (non-hydrogen) atoms. The lowest BCUT2D eigenvalue weighted by Gasteiger charge is -2.32. The predicted octanol–water partition coefficient (Wildman–Crippen LogP) is 1.09. The van der Waals surface area contributed by atoms with Crippen LogP contribution in [0, 0.1) is 0 Å². The normalized spacial score (nSPS) is 18.1. The van der Waals surface area contributed by atoms with E-state index in [0.717, 1.165) is 37.2 Å². The average molecular weight is 337 g/mol. The molecule has 3 rings (SSSR count). The second kappa shape index (κ2) is 6.55.